The number of nitrogens with zero attached hydrogens (tertiary/aromatic N) is 2. The van der Waals surface area contributed by atoms with Crippen LogP contribution in [0.5, 0.6) is 0 Å². The van der Waals surface area contributed by atoms with Crippen LogP contribution in [-0.2, 0) is 6.54 Å². The quantitative estimate of drug-likeness (QED) is 0.423. The van der Waals surface area contributed by atoms with E-state index < -0.39 is 0 Å². The number of aliphatic imine (C=N–C) groups is 1. The molecule has 140 valence electrons. The highest BCUT2D eigenvalue weighted by atomic mass is 32.1. The minimum absolute atomic E-state index is 0.0377. The van der Waals surface area contributed by atoms with E-state index in [0.29, 0.717) is 19.6 Å². The van der Waals surface area contributed by atoms with Crippen LogP contribution in [0.25, 0.3) is 0 Å². The van der Waals surface area contributed by atoms with Crippen LogP contribution in [0.4, 0.5) is 4.39 Å². The monoisotopic (exact) mass is 376 g/mol. The van der Waals surface area contributed by atoms with Gasteiger partial charge in [-0.25, -0.2) is 4.39 Å². The molecule has 0 unspecified atom stereocenters. The Labute approximate surface area is 157 Å². The van der Waals surface area contributed by atoms with Gasteiger partial charge in [0.05, 0.1) is 4.88 Å². The minimum atomic E-state index is -0.235. The second-order valence-corrected chi connectivity index (χ2v) is 6.75. The third-order valence-electron chi connectivity index (χ3n) is 3.66. The second-order valence-electron chi connectivity index (χ2n) is 5.80. The summed E-state index contributed by atoms with van der Waals surface area (Å²) in [5.74, 6) is 0.521. The standard InChI is InChI=1S/C19H25FN4OS/c1-3-21-19(24(2)14-15-7-9-16(20)10-8-15)23-12-5-11-22-18(25)17-6-4-13-26-17/h4,6-10,13H,3,5,11-12,14H2,1-2H3,(H,21,23)(H,22,25). The largest absolute Gasteiger partial charge is 0.357 e. The lowest BCUT2D eigenvalue weighted by Crippen LogP contribution is -2.38. The third kappa shape index (κ3) is 6.48. The average Bonchev–Trinajstić information content (AvgIpc) is 3.17. The molecule has 0 aliphatic carbocycles. The highest BCUT2D eigenvalue weighted by Crippen LogP contribution is 2.08. The molecule has 0 saturated heterocycles. The molecule has 0 aliphatic heterocycles. The zero-order valence-corrected chi connectivity index (χ0v) is 16.0. The Morgan fingerprint density at radius 2 is 2.00 bits per heavy atom. The van der Waals surface area contributed by atoms with Crippen LogP contribution in [-0.4, -0.2) is 43.4 Å². The Bertz CT molecular complexity index is 701. The van der Waals surface area contributed by atoms with Crippen molar-refractivity contribution in [2.75, 3.05) is 26.7 Å². The molecule has 0 radical (unpaired) electrons. The van der Waals surface area contributed by atoms with Crippen molar-refractivity contribution < 1.29 is 9.18 Å². The van der Waals surface area contributed by atoms with E-state index in [1.54, 1.807) is 12.1 Å². The number of hydrogen-bond donors (Lipinski definition) is 2. The van der Waals surface area contributed by atoms with Crippen molar-refractivity contribution in [2.45, 2.75) is 19.9 Å². The maximum absolute atomic E-state index is 13.0. The van der Waals surface area contributed by atoms with Gasteiger partial charge in [0.25, 0.3) is 5.91 Å². The SMILES string of the molecule is CCNC(=NCCCNC(=O)c1cccs1)N(C)Cc1ccc(F)cc1. The van der Waals surface area contributed by atoms with Crippen LogP contribution >= 0.6 is 11.3 Å². The fraction of sp³-hybridized carbons (Fsp3) is 0.368. The van der Waals surface area contributed by atoms with Gasteiger partial charge in [-0.3, -0.25) is 9.79 Å². The van der Waals surface area contributed by atoms with E-state index in [4.69, 9.17) is 0 Å². The normalized spacial score (nSPS) is 11.3. The zero-order valence-electron chi connectivity index (χ0n) is 15.2. The molecule has 2 rings (SSSR count). The first-order valence-electron chi connectivity index (χ1n) is 8.65. The van der Waals surface area contributed by atoms with Crippen molar-refractivity contribution in [3.63, 3.8) is 0 Å². The molecule has 0 fully saturated rings. The third-order valence-corrected chi connectivity index (χ3v) is 4.53. The van der Waals surface area contributed by atoms with E-state index in [2.05, 4.69) is 15.6 Å². The Balaban J connectivity index is 1.79. The second kappa shape index (κ2) is 10.6. The molecule has 1 aromatic carbocycles. The predicted molar refractivity (Wildman–Crippen MR) is 105 cm³/mol. The van der Waals surface area contributed by atoms with E-state index in [0.717, 1.165) is 29.4 Å². The lowest BCUT2D eigenvalue weighted by molar-refractivity contribution is 0.0957. The number of carbonyl (C=O) groups is 1. The predicted octanol–water partition coefficient (Wildman–Crippen LogP) is 3.10. The molecule has 2 aromatic rings. The Morgan fingerprint density at radius 1 is 1.23 bits per heavy atom. The lowest BCUT2D eigenvalue weighted by Gasteiger charge is -2.22. The van der Waals surface area contributed by atoms with Gasteiger partial charge in [-0.05, 0) is 42.5 Å². The molecular formula is C19H25FN4OS. The number of halogens is 1. The van der Waals surface area contributed by atoms with E-state index >= 15 is 0 Å². The first-order chi connectivity index (χ1) is 12.6. The number of guanidine groups is 1. The van der Waals surface area contributed by atoms with Crippen LogP contribution in [0.15, 0.2) is 46.8 Å². The number of hydrogen-bond acceptors (Lipinski definition) is 3. The molecule has 0 bridgehead atoms. The van der Waals surface area contributed by atoms with Gasteiger partial charge in [-0.15, -0.1) is 11.3 Å². The summed E-state index contributed by atoms with van der Waals surface area (Å²) in [6.45, 7) is 4.62. The van der Waals surface area contributed by atoms with Crippen molar-refractivity contribution in [1.82, 2.24) is 15.5 Å². The highest BCUT2D eigenvalue weighted by molar-refractivity contribution is 7.12. The summed E-state index contributed by atoms with van der Waals surface area (Å²) in [6.07, 6.45) is 0.760. The van der Waals surface area contributed by atoms with Crippen LogP contribution in [0.3, 0.4) is 0 Å². The Morgan fingerprint density at radius 3 is 2.65 bits per heavy atom. The average molecular weight is 377 g/mol. The fourth-order valence-electron chi connectivity index (χ4n) is 2.37. The molecule has 1 amide bonds. The van der Waals surface area contributed by atoms with Gasteiger partial charge in [-0.1, -0.05) is 18.2 Å². The number of rotatable bonds is 8. The van der Waals surface area contributed by atoms with Gasteiger partial charge in [0.2, 0.25) is 0 Å². The van der Waals surface area contributed by atoms with Gasteiger partial charge in [0.15, 0.2) is 5.96 Å². The summed E-state index contributed by atoms with van der Waals surface area (Å²) in [5.41, 5.74) is 1.02. The molecule has 0 saturated carbocycles. The van der Waals surface area contributed by atoms with Gasteiger partial charge < -0.3 is 15.5 Å². The van der Waals surface area contributed by atoms with E-state index in [9.17, 15) is 9.18 Å². The summed E-state index contributed by atoms with van der Waals surface area (Å²) < 4.78 is 13.0. The maximum atomic E-state index is 13.0. The molecule has 1 aromatic heterocycles. The van der Waals surface area contributed by atoms with Crippen LogP contribution in [0.1, 0.15) is 28.6 Å². The van der Waals surface area contributed by atoms with Crippen molar-refractivity contribution in [3.8, 4) is 0 Å². The van der Waals surface area contributed by atoms with Crippen molar-refractivity contribution in [1.29, 1.82) is 0 Å². The maximum Gasteiger partial charge on any atom is 0.261 e. The number of benzene rings is 1. The van der Waals surface area contributed by atoms with Gasteiger partial charge >= 0.3 is 0 Å². The number of carbonyl (C=O) groups excluding carboxylic acids is 1. The highest BCUT2D eigenvalue weighted by Gasteiger charge is 2.07. The van der Waals surface area contributed by atoms with Gasteiger partial charge in [0, 0.05) is 33.2 Å². The fourth-order valence-corrected chi connectivity index (χ4v) is 3.01. The summed E-state index contributed by atoms with van der Waals surface area (Å²) in [7, 11) is 1.95. The van der Waals surface area contributed by atoms with Crippen molar-refractivity contribution in [3.05, 3.63) is 58.0 Å². The molecule has 0 spiro atoms. The molecular weight excluding hydrogens is 351 g/mol. The van der Waals surface area contributed by atoms with E-state index in [1.807, 2.05) is 36.4 Å². The minimum Gasteiger partial charge on any atom is -0.357 e. The summed E-state index contributed by atoms with van der Waals surface area (Å²) in [4.78, 5) is 19.2. The molecule has 7 heteroatoms. The topological polar surface area (TPSA) is 56.7 Å². The number of nitrogens with one attached hydrogen (secondary N) is 2. The first kappa shape index (κ1) is 19.9. The van der Waals surface area contributed by atoms with Crippen molar-refractivity contribution >= 4 is 23.2 Å². The number of thiophene rings is 1. The van der Waals surface area contributed by atoms with Gasteiger partial charge in [-0.2, -0.15) is 0 Å². The smallest absolute Gasteiger partial charge is 0.261 e. The summed E-state index contributed by atoms with van der Waals surface area (Å²) in [6, 6.07) is 10.1. The lowest BCUT2D eigenvalue weighted by atomic mass is 10.2. The molecule has 0 atom stereocenters. The van der Waals surface area contributed by atoms with Crippen LogP contribution in [0, 0.1) is 5.82 Å². The Kier molecular flexibility index (Phi) is 8.08. The molecule has 0 aliphatic rings. The summed E-state index contributed by atoms with van der Waals surface area (Å²) in [5, 5.41) is 8.04. The van der Waals surface area contributed by atoms with E-state index in [1.165, 1.54) is 23.5 Å². The van der Waals surface area contributed by atoms with E-state index in [-0.39, 0.29) is 11.7 Å². The van der Waals surface area contributed by atoms with Crippen LogP contribution in [0.2, 0.25) is 0 Å². The van der Waals surface area contributed by atoms with Crippen LogP contribution < -0.4 is 10.6 Å². The molecule has 5 nitrogen and oxygen atoms in total. The van der Waals surface area contributed by atoms with Crippen molar-refractivity contribution in [2.24, 2.45) is 4.99 Å². The molecule has 2 N–H and O–H groups in total. The molecule has 26 heavy (non-hydrogen) atoms. The first-order valence-corrected chi connectivity index (χ1v) is 9.53. The Hall–Kier alpha value is -2.41. The zero-order chi connectivity index (χ0) is 18.8. The summed E-state index contributed by atoms with van der Waals surface area (Å²) >= 11 is 1.43. The molecule has 1 heterocycles. The van der Waals surface area contributed by atoms with Gasteiger partial charge in [0.1, 0.15) is 5.82 Å². The number of amides is 1.